The lowest BCUT2D eigenvalue weighted by Crippen LogP contribution is -2.43. The molecule has 0 bridgehead atoms. The van der Waals surface area contributed by atoms with Gasteiger partial charge in [0.25, 0.3) is 0 Å². The predicted molar refractivity (Wildman–Crippen MR) is 108 cm³/mol. The lowest BCUT2D eigenvalue weighted by molar-refractivity contribution is -0.121. The van der Waals surface area contributed by atoms with E-state index in [1.54, 1.807) is 24.3 Å². The summed E-state index contributed by atoms with van der Waals surface area (Å²) in [7, 11) is -3.39. The number of carbonyl (C=O) groups excluding carboxylic acids is 1. The first-order chi connectivity index (χ1) is 12.0. The number of hydrogen-bond acceptors (Lipinski definition) is 4. The zero-order chi connectivity index (χ0) is 19.8. The van der Waals surface area contributed by atoms with Crippen molar-refractivity contribution in [3.05, 3.63) is 28.7 Å². The first-order valence-electron chi connectivity index (χ1n) is 8.35. The van der Waals surface area contributed by atoms with Crippen LogP contribution in [0.4, 0.5) is 0 Å². The maximum absolute atomic E-state index is 12.3. The number of guanidine groups is 1. The van der Waals surface area contributed by atoms with E-state index in [0.717, 1.165) is 4.47 Å². The summed E-state index contributed by atoms with van der Waals surface area (Å²) in [6.07, 6.45) is 0. The predicted octanol–water partition coefficient (Wildman–Crippen LogP) is 1.69. The Morgan fingerprint density at radius 2 is 1.77 bits per heavy atom. The molecule has 0 aromatic heterocycles. The van der Waals surface area contributed by atoms with Crippen molar-refractivity contribution in [3.8, 4) is 0 Å². The fraction of sp³-hybridized carbons (Fsp3) is 0.529. The molecule has 1 rings (SSSR count). The second-order valence-electron chi connectivity index (χ2n) is 6.69. The minimum Gasteiger partial charge on any atom is -0.357 e. The highest BCUT2D eigenvalue weighted by molar-refractivity contribution is 9.10. The molecule has 0 saturated heterocycles. The third kappa shape index (κ3) is 8.66. The number of carbonyl (C=O) groups is 1. The lowest BCUT2D eigenvalue weighted by atomic mass is 10.1. The SMILES string of the molecule is CCNC(=NCC(=O)NC(C)(C)C)NCCS(=O)(=O)c1ccc(Br)cc1. The normalized spacial score (nSPS) is 12.6. The molecule has 146 valence electrons. The van der Waals surface area contributed by atoms with Gasteiger partial charge in [-0.05, 0) is 52.0 Å². The number of sulfone groups is 1. The molecule has 0 radical (unpaired) electrons. The summed E-state index contributed by atoms with van der Waals surface area (Å²) in [5, 5.41) is 8.76. The van der Waals surface area contributed by atoms with Crippen molar-refractivity contribution in [1.82, 2.24) is 16.0 Å². The molecule has 0 aliphatic carbocycles. The molecule has 0 heterocycles. The van der Waals surface area contributed by atoms with Crippen molar-refractivity contribution in [2.45, 2.75) is 38.1 Å². The molecule has 1 amide bonds. The fourth-order valence-corrected chi connectivity index (χ4v) is 3.44. The highest BCUT2D eigenvalue weighted by Crippen LogP contribution is 2.15. The van der Waals surface area contributed by atoms with Crippen molar-refractivity contribution in [2.24, 2.45) is 4.99 Å². The van der Waals surface area contributed by atoms with Crippen LogP contribution in [0.5, 0.6) is 0 Å². The second kappa shape index (κ2) is 9.91. The van der Waals surface area contributed by atoms with Gasteiger partial charge in [0.1, 0.15) is 6.54 Å². The summed E-state index contributed by atoms with van der Waals surface area (Å²) in [5.41, 5.74) is -0.322. The Morgan fingerprint density at radius 3 is 2.31 bits per heavy atom. The number of benzene rings is 1. The Labute approximate surface area is 164 Å². The van der Waals surface area contributed by atoms with Crippen LogP contribution in [0.15, 0.2) is 38.6 Å². The number of hydrogen-bond donors (Lipinski definition) is 3. The van der Waals surface area contributed by atoms with Gasteiger partial charge in [0, 0.05) is 23.1 Å². The van der Waals surface area contributed by atoms with Crippen LogP contribution < -0.4 is 16.0 Å². The first-order valence-corrected chi connectivity index (χ1v) is 10.8. The Bertz CT molecular complexity index is 725. The number of amides is 1. The average Bonchev–Trinajstić information content (AvgIpc) is 2.51. The number of halogens is 1. The van der Waals surface area contributed by atoms with Gasteiger partial charge in [0.15, 0.2) is 15.8 Å². The Hall–Kier alpha value is -1.61. The van der Waals surface area contributed by atoms with Crippen molar-refractivity contribution >= 4 is 37.6 Å². The maximum atomic E-state index is 12.3. The smallest absolute Gasteiger partial charge is 0.242 e. The summed E-state index contributed by atoms with van der Waals surface area (Å²) >= 11 is 3.28. The van der Waals surface area contributed by atoms with Crippen molar-refractivity contribution in [3.63, 3.8) is 0 Å². The van der Waals surface area contributed by atoms with E-state index in [-0.39, 0.29) is 35.2 Å². The molecular weight excluding hydrogens is 420 g/mol. The van der Waals surface area contributed by atoms with E-state index in [9.17, 15) is 13.2 Å². The summed E-state index contributed by atoms with van der Waals surface area (Å²) in [4.78, 5) is 16.3. The molecule has 9 heteroatoms. The molecule has 0 spiro atoms. The van der Waals surface area contributed by atoms with Crippen LogP contribution >= 0.6 is 15.9 Å². The summed E-state index contributed by atoms with van der Waals surface area (Å²) in [6, 6.07) is 6.52. The van der Waals surface area contributed by atoms with Crippen molar-refractivity contribution in [1.29, 1.82) is 0 Å². The van der Waals surface area contributed by atoms with Crippen LogP contribution in [0.1, 0.15) is 27.7 Å². The van der Waals surface area contributed by atoms with E-state index in [1.807, 2.05) is 27.7 Å². The molecule has 1 aromatic rings. The molecule has 0 saturated carbocycles. The minimum absolute atomic E-state index is 0.0356. The van der Waals surface area contributed by atoms with E-state index in [1.165, 1.54) is 0 Å². The Balaban J connectivity index is 2.61. The van der Waals surface area contributed by atoms with Crippen LogP contribution in [0, 0.1) is 0 Å². The van der Waals surface area contributed by atoms with Gasteiger partial charge in [-0.25, -0.2) is 13.4 Å². The topological polar surface area (TPSA) is 99.7 Å². The molecule has 0 aliphatic heterocycles. The number of nitrogens with one attached hydrogen (secondary N) is 3. The third-order valence-corrected chi connectivity index (χ3v) is 5.34. The van der Waals surface area contributed by atoms with Gasteiger partial charge in [-0.15, -0.1) is 0 Å². The van der Waals surface area contributed by atoms with Gasteiger partial charge in [-0.1, -0.05) is 15.9 Å². The first kappa shape index (κ1) is 22.4. The van der Waals surface area contributed by atoms with Crippen molar-refractivity contribution in [2.75, 3.05) is 25.4 Å². The van der Waals surface area contributed by atoms with Crippen LogP contribution in [0.2, 0.25) is 0 Å². The van der Waals surface area contributed by atoms with Crippen LogP contribution in [0.25, 0.3) is 0 Å². The largest absolute Gasteiger partial charge is 0.357 e. The molecule has 7 nitrogen and oxygen atoms in total. The molecule has 0 aliphatic rings. The third-order valence-electron chi connectivity index (χ3n) is 3.08. The van der Waals surface area contributed by atoms with Crippen LogP contribution in [0.3, 0.4) is 0 Å². The highest BCUT2D eigenvalue weighted by Gasteiger charge is 2.15. The highest BCUT2D eigenvalue weighted by atomic mass is 79.9. The zero-order valence-corrected chi connectivity index (χ0v) is 18.0. The zero-order valence-electron chi connectivity index (χ0n) is 15.6. The van der Waals surface area contributed by atoms with E-state index in [0.29, 0.717) is 12.5 Å². The van der Waals surface area contributed by atoms with Gasteiger partial charge in [0.05, 0.1) is 10.6 Å². The quantitative estimate of drug-likeness (QED) is 0.437. The monoisotopic (exact) mass is 446 g/mol. The average molecular weight is 447 g/mol. The second-order valence-corrected chi connectivity index (χ2v) is 9.72. The van der Waals surface area contributed by atoms with E-state index in [2.05, 4.69) is 36.9 Å². The van der Waals surface area contributed by atoms with E-state index < -0.39 is 9.84 Å². The molecule has 1 aromatic carbocycles. The number of rotatable bonds is 7. The Morgan fingerprint density at radius 1 is 1.15 bits per heavy atom. The van der Waals surface area contributed by atoms with Crippen LogP contribution in [-0.4, -0.2) is 51.2 Å². The molecule has 0 fully saturated rings. The van der Waals surface area contributed by atoms with Crippen LogP contribution in [-0.2, 0) is 14.6 Å². The molecule has 0 atom stereocenters. The molecule has 26 heavy (non-hydrogen) atoms. The van der Waals surface area contributed by atoms with Gasteiger partial charge >= 0.3 is 0 Å². The van der Waals surface area contributed by atoms with Gasteiger partial charge in [-0.2, -0.15) is 0 Å². The number of aliphatic imine (C=N–C) groups is 1. The summed E-state index contributed by atoms with van der Waals surface area (Å²) < 4.78 is 25.5. The van der Waals surface area contributed by atoms with Gasteiger partial charge < -0.3 is 16.0 Å². The van der Waals surface area contributed by atoms with E-state index >= 15 is 0 Å². The van der Waals surface area contributed by atoms with Gasteiger partial charge in [-0.3, -0.25) is 4.79 Å². The van der Waals surface area contributed by atoms with Crippen molar-refractivity contribution < 1.29 is 13.2 Å². The summed E-state index contributed by atoms with van der Waals surface area (Å²) in [6.45, 7) is 8.33. The Kier molecular flexibility index (Phi) is 8.55. The summed E-state index contributed by atoms with van der Waals surface area (Å²) in [5.74, 6) is 0.132. The maximum Gasteiger partial charge on any atom is 0.242 e. The molecule has 0 unspecified atom stereocenters. The molecule has 3 N–H and O–H groups in total. The minimum atomic E-state index is -3.39. The van der Waals surface area contributed by atoms with E-state index in [4.69, 9.17) is 0 Å². The standard InChI is InChI=1S/C17H27BrN4O3S/c1-5-19-16(21-12-15(23)22-17(2,3)4)20-10-11-26(24,25)14-8-6-13(18)7-9-14/h6-9H,5,10-12H2,1-4H3,(H,22,23)(H2,19,20,21). The number of nitrogens with zero attached hydrogens (tertiary/aromatic N) is 1. The fourth-order valence-electron chi connectivity index (χ4n) is 2.01. The van der Waals surface area contributed by atoms with Gasteiger partial charge in [0.2, 0.25) is 5.91 Å². The molecular formula is C17H27BrN4O3S. The lowest BCUT2D eigenvalue weighted by Gasteiger charge is -2.20.